The minimum absolute atomic E-state index is 0.0818. The van der Waals surface area contributed by atoms with Crippen molar-refractivity contribution in [1.82, 2.24) is 25.0 Å². The molecule has 31 heavy (non-hydrogen) atoms. The number of aromatic nitrogens is 5. The predicted molar refractivity (Wildman–Crippen MR) is 115 cm³/mol. The third kappa shape index (κ3) is 3.42. The molecule has 0 saturated heterocycles. The summed E-state index contributed by atoms with van der Waals surface area (Å²) in [6, 6.07) is 17.5. The average Bonchev–Trinajstić information content (AvgIpc) is 3.15. The van der Waals surface area contributed by atoms with E-state index in [-0.39, 0.29) is 11.8 Å². The predicted octanol–water partition coefficient (Wildman–Crippen LogP) is 3.52. The van der Waals surface area contributed by atoms with E-state index in [0.29, 0.717) is 23.9 Å². The van der Waals surface area contributed by atoms with Crippen molar-refractivity contribution in [3.63, 3.8) is 0 Å². The molecule has 8 heteroatoms. The molecule has 0 aliphatic carbocycles. The van der Waals surface area contributed by atoms with E-state index in [4.69, 9.17) is 4.74 Å². The molecule has 8 nitrogen and oxygen atoms in total. The fourth-order valence-electron chi connectivity index (χ4n) is 3.94. The minimum Gasteiger partial charge on any atom is -0.497 e. The van der Waals surface area contributed by atoms with Crippen LogP contribution in [0.2, 0.25) is 0 Å². The first kappa shape index (κ1) is 18.9. The molecular weight excluding hydrogens is 392 g/mol. The van der Waals surface area contributed by atoms with Crippen LogP contribution >= 0.6 is 0 Å². The average molecular weight is 412 g/mol. The van der Waals surface area contributed by atoms with Gasteiger partial charge < -0.3 is 10.1 Å². The van der Waals surface area contributed by atoms with E-state index in [9.17, 15) is 4.79 Å². The summed E-state index contributed by atoms with van der Waals surface area (Å²) in [5.41, 5.74) is 4.40. The number of anilines is 1. The Labute approximate surface area is 178 Å². The zero-order valence-corrected chi connectivity index (χ0v) is 17.1. The molecule has 0 bridgehead atoms. The molecule has 0 saturated carbocycles. The van der Waals surface area contributed by atoms with Crippen LogP contribution in [0.3, 0.4) is 0 Å². The van der Waals surface area contributed by atoms with Gasteiger partial charge in [-0.3, -0.25) is 4.79 Å². The maximum absolute atomic E-state index is 12.6. The van der Waals surface area contributed by atoms with Gasteiger partial charge in [0.1, 0.15) is 11.6 Å². The van der Waals surface area contributed by atoms with Crippen LogP contribution < -0.4 is 10.1 Å². The highest BCUT2D eigenvalue weighted by Gasteiger charge is 2.33. The molecule has 3 heterocycles. The summed E-state index contributed by atoms with van der Waals surface area (Å²) in [6.45, 7) is 1.93. The molecule has 5 rings (SSSR count). The Morgan fingerprint density at radius 3 is 2.61 bits per heavy atom. The van der Waals surface area contributed by atoms with Gasteiger partial charge in [-0.15, -0.1) is 5.10 Å². The SMILES string of the molecule is COc1ccc(C2CC(=O)Nc3c2c(C)nn3-c2nncc(-c3ccccc3)n2)cc1. The second-order valence-corrected chi connectivity index (χ2v) is 7.35. The van der Waals surface area contributed by atoms with Gasteiger partial charge in [-0.05, 0) is 24.6 Å². The lowest BCUT2D eigenvalue weighted by Gasteiger charge is -2.24. The number of hydrogen-bond acceptors (Lipinski definition) is 6. The summed E-state index contributed by atoms with van der Waals surface area (Å²) in [7, 11) is 1.63. The Kier molecular flexibility index (Phi) is 4.66. The molecule has 1 aliphatic heterocycles. The number of nitrogens with zero attached hydrogens (tertiary/aromatic N) is 5. The summed E-state index contributed by atoms with van der Waals surface area (Å²) in [4.78, 5) is 17.2. The van der Waals surface area contributed by atoms with E-state index in [0.717, 1.165) is 28.1 Å². The Morgan fingerprint density at radius 2 is 1.87 bits per heavy atom. The highest BCUT2D eigenvalue weighted by atomic mass is 16.5. The second-order valence-electron chi connectivity index (χ2n) is 7.35. The summed E-state index contributed by atoms with van der Waals surface area (Å²) < 4.78 is 6.83. The van der Waals surface area contributed by atoms with Gasteiger partial charge in [0.25, 0.3) is 5.95 Å². The Hall–Kier alpha value is -4.07. The molecule has 2 aromatic carbocycles. The lowest BCUT2D eigenvalue weighted by molar-refractivity contribution is -0.116. The summed E-state index contributed by atoms with van der Waals surface area (Å²) in [5.74, 6) is 1.46. The highest BCUT2D eigenvalue weighted by molar-refractivity contribution is 5.95. The standard InChI is InChI=1S/C23H20N6O2/c1-14-21-18(15-8-10-17(31-2)11-9-15)12-20(30)26-22(21)29(28-14)23-25-19(13-24-27-23)16-6-4-3-5-7-16/h3-11,13,18H,12H2,1-2H3,(H,26,30). The number of fused-ring (bicyclic) bond motifs is 1. The van der Waals surface area contributed by atoms with Crippen molar-refractivity contribution in [2.75, 3.05) is 12.4 Å². The van der Waals surface area contributed by atoms with Gasteiger partial charge >= 0.3 is 0 Å². The largest absolute Gasteiger partial charge is 0.497 e. The molecule has 4 aromatic rings. The third-order valence-electron chi connectivity index (χ3n) is 5.43. The van der Waals surface area contributed by atoms with Crippen LogP contribution in [-0.4, -0.2) is 38.0 Å². The maximum Gasteiger partial charge on any atom is 0.272 e. The fraction of sp³-hybridized carbons (Fsp3) is 0.174. The number of rotatable bonds is 4. The topological polar surface area (TPSA) is 94.8 Å². The quantitative estimate of drug-likeness (QED) is 0.551. The molecule has 1 amide bonds. The van der Waals surface area contributed by atoms with E-state index in [1.54, 1.807) is 18.0 Å². The number of amides is 1. The maximum atomic E-state index is 12.6. The lowest BCUT2D eigenvalue weighted by Crippen LogP contribution is -2.25. The van der Waals surface area contributed by atoms with Crippen molar-refractivity contribution >= 4 is 11.7 Å². The third-order valence-corrected chi connectivity index (χ3v) is 5.43. The van der Waals surface area contributed by atoms with Crippen molar-refractivity contribution in [2.45, 2.75) is 19.3 Å². The van der Waals surface area contributed by atoms with Crippen LogP contribution in [-0.2, 0) is 4.79 Å². The van der Waals surface area contributed by atoms with Crippen molar-refractivity contribution in [3.8, 4) is 23.0 Å². The summed E-state index contributed by atoms with van der Waals surface area (Å²) >= 11 is 0. The zero-order chi connectivity index (χ0) is 21.4. The van der Waals surface area contributed by atoms with Crippen molar-refractivity contribution in [1.29, 1.82) is 0 Å². The molecule has 0 radical (unpaired) electrons. The van der Waals surface area contributed by atoms with Crippen molar-refractivity contribution in [2.24, 2.45) is 0 Å². The lowest BCUT2D eigenvalue weighted by atomic mass is 9.86. The second kappa shape index (κ2) is 7.64. The Balaban J connectivity index is 1.60. The number of benzene rings is 2. The Bertz CT molecular complexity index is 1250. The molecule has 1 atom stereocenters. The molecule has 154 valence electrons. The van der Waals surface area contributed by atoms with Gasteiger partial charge in [0.15, 0.2) is 0 Å². The van der Waals surface area contributed by atoms with E-state index in [1.807, 2.05) is 61.5 Å². The van der Waals surface area contributed by atoms with Crippen LogP contribution in [0.5, 0.6) is 5.75 Å². The molecule has 2 aromatic heterocycles. The van der Waals surface area contributed by atoms with Gasteiger partial charge in [-0.25, -0.2) is 4.98 Å². The zero-order valence-electron chi connectivity index (χ0n) is 17.1. The number of ether oxygens (including phenoxy) is 1. The van der Waals surface area contributed by atoms with Crippen LogP contribution in [0, 0.1) is 6.92 Å². The Morgan fingerprint density at radius 1 is 1.10 bits per heavy atom. The van der Waals surface area contributed by atoms with Crippen molar-refractivity contribution in [3.05, 3.63) is 77.6 Å². The summed E-state index contributed by atoms with van der Waals surface area (Å²) in [5, 5.41) is 15.9. The number of carbonyl (C=O) groups excluding carboxylic acids is 1. The molecule has 0 fully saturated rings. The van der Waals surface area contributed by atoms with Crippen LogP contribution in [0.4, 0.5) is 5.82 Å². The minimum atomic E-state index is -0.117. The number of methoxy groups -OCH3 is 1. The fourth-order valence-corrected chi connectivity index (χ4v) is 3.94. The van der Waals surface area contributed by atoms with E-state index in [2.05, 4.69) is 25.6 Å². The van der Waals surface area contributed by atoms with Gasteiger partial charge in [0.05, 0.1) is 24.7 Å². The normalized spacial score (nSPS) is 15.3. The van der Waals surface area contributed by atoms with Gasteiger partial charge in [0.2, 0.25) is 5.91 Å². The monoisotopic (exact) mass is 412 g/mol. The molecular formula is C23H20N6O2. The first-order valence-corrected chi connectivity index (χ1v) is 9.93. The van der Waals surface area contributed by atoms with E-state index < -0.39 is 0 Å². The first-order valence-electron chi connectivity index (χ1n) is 9.93. The smallest absolute Gasteiger partial charge is 0.272 e. The number of carbonyl (C=O) groups is 1. The summed E-state index contributed by atoms with van der Waals surface area (Å²) in [6.07, 6.45) is 1.95. The highest BCUT2D eigenvalue weighted by Crippen LogP contribution is 2.40. The first-order chi connectivity index (χ1) is 15.1. The van der Waals surface area contributed by atoms with Crippen molar-refractivity contribution < 1.29 is 9.53 Å². The van der Waals surface area contributed by atoms with Crippen LogP contribution in [0.15, 0.2) is 60.8 Å². The number of nitrogens with one attached hydrogen (secondary N) is 1. The number of aryl methyl sites for hydroxylation is 1. The molecule has 1 aliphatic rings. The molecule has 1 unspecified atom stereocenters. The molecule has 1 N–H and O–H groups in total. The van der Waals surface area contributed by atoms with Crippen LogP contribution in [0.25, 0.3) is 17.2 Å². The van der Waals surface area contributed by atoms with E-state index in [1.165, 1.54) is 0 Å². The van der Waals surface area contributed by atoms with Gasteiger partial charge in [-0.2, -0.15) is 14.9 Å². The van der Waals surface area contributed by atoms with Crippen LogP contribution in [0.1, 0.15) is 29.2 Å². The van der Waals surface area contributed by atoms with Gasteiger partial charge in [0, 0.05) is 23.5 Å². The van der Waals surface area contributed by atoms with Gasteiger partial charge in [-0.1, -0.05) is 42.5 Å². The number of hydrogen-bond donors (Lipinski definition) is 1. The molecule has 0 spiro atoms. The van der Waals surface area contributed by atoms with E-state index >= 15 is 0 Å².